The summed E-state index contributed by atoms with van der Waals surface area (Å²) in [4.78, 5) is 14.3. The fourth-order valence-electron chi connectivity index (χ4n) is 2.50. The molecule has 2 aromatic rings. The molecular formula is C19H22F2N2O3. The Hall–Kier alpha value is -2.67. The lowest BCUT2D eigenvalue weighted by atomic mass is 10.1. The monoisotopic (exact) mass is 364 g/mol. The van der Waals surface area contributed by atoms with Gasteiger partial charge in [-0.05, 0) is 56.1 Å². The van der Waals surface area contributed by atoms with Crippen molar-refractivity contribution in [3.63, 3.8) is 0 Å². The number of carbonyl (C=O) groups is 1. The minimum atomic E-state index is -2.89. The number of amides is 1. The van der Waals surface area contributed by atoms with Crippen molar-refractivity contribution in [3.8, 4) is 11.5 Å². The second kappa shape index (κ2) is 9.15. The zero-order valence-corrected chi connectivity index (χ0v) is 14.9. The van der Waals surface area contributed by atoms with Crippen LogP contribution in [0.25, 0.3) is 0 Å². The average Bonchev–Trinajstić information content (AvgIpc) is 2.62. The third-order valence-corrected chi connectivity index (χ3v) is 3.92. The van der Waals surface area contributed by atoms with Crippen molar-refractivity contribution in [2.75, 3.05) is 27.7 Å². The van der Waals surface area contributed by atoms with Crippen LogP contribution < -0.4 is 14.8 Å². The van der Waals surface area contributed by atoms with Crippen molar-refractivity contribution in [2.45, 2.75) is 12.7 Å². The molecule has 0 aliphatic rings. The number of rotatable bonds is 8. The smallest absolute Gasteiger partial charge is 0.387 e. The molecule has 1 N–H and O–H groups in total. The Labute approximate surface area is 151 Å². The first-order valence-corrected chi connectivity index (χ1v) is 8.04. The molecular weight excluding hydrogens is 342 g/mol. The van der Waals surface area contributed by atoms with Crippen LogP contribution in [-0.4, -0.2) is 45.2 Å². The SMILES string of the molecule is COc1ccc(C(CNC(=O)c2ccc(OC(F)F)cc2)N(C)C)cc1. The molecule has 0 aliphatic heterocycles. The van der Waals surface area contributed by atoms with Crippen LogP contribution in [0.15, 0.2) is 48.5 Å². The lowest BCUT2D eigenvalue weighted by Gasteiger charge is -2.25. The van der Waals surface area contributed by atoms with E-state index in [1.54, 1.807) is 7.11 Å². The van der Waals surface area contributed by atoms with Gasteiger partial charge in [0.2, 0.25) is 0 Å². The van der Waals surface area contributed by atoms with Crippen LogP contribution in [0.3, 0.4) is 0 Å². The van der Waals surface area contributed by atoms with Crippen molar-refractivity contribution in [1.29, 1.82) is 0 Å². The molecule has 0 fully saturated rings. The number of alkyl halides is 2. The number of methoxy groups -OCH3 is 1. The topological polar surface area (TPSA) is 50.8 Å². The Balaban J connectivity index is 2.00. The maximum atomic E-state index is 12.3. The van der Waals surface area contributed by atoms with E-state index >= 15 is 0 Å². The van der Waals surface area contributed by atoms with Gasteiger partial charge >= 0.3 is 6.61 Å². The number of hydrogen-bond donors (Lipinski definition) is 1. The zero-order valence-electron chi connectivity index (χ0n) is 14.9. The second-order valence-corrected chi connectivity index (χ2v) is 5.87. The fraction of sp³-hybridized carbons (Fsp3) is 0.316. The largest absolute Gasteiger partial charge is 0.497 e. The maximum Gasteiger partial charge on any atom is 0.387 e. The van der Waals surface area contributed by atoms with Gasteiger partial charge in [-0.3, -0.25) is 4.79 Å². The zero-order chi connectivity index (χ0) is 19.1. The van der Waals surface area contributed by atoms with E-state index in [4.69, 9.17) is 4.74 Å². The van der Waals surface area contributed by atoms with Gasteiger partial charge in [-0.25, -0.2) is 0 Å². The Bertz CT molecular complexity index is 704. The fourth-order valence-corrected chi connectivity index (χ4v) is 2.50. The highest BCUT2D eigenvalue weighted by atomic mass is 19.3. The molecule has 1 atom stereocenters. The van der Waals surface area contributed by atoms with E-state index in [1.165, 1.54) is 24.3 Å². The second-order valence-electron chi connectivity index (χ2n) is 5.87. The number of nitrogens with one attached hydrogen (secondary N) is 1. The molecule has 2 aromatic carbocycles. The van der Waals surface area contributed by atoms with Crippen LogP contribution >= 0.6 is 0 Å². The summed E-state index contributed by atoms with van der Waals surface area (Å²) in [7, 11) is 5.46. The lowest BCUT2D eigenvalue weighted by molar-refractivity contribution is -0.0498. The third-order valence-electron chi connectivity index (χ3n) is 3.92. The first-order valence-electron chi connectivity index (χ1n) is 8.04. The summed E-state index contributed by atoms with van der Waals surface area (Å²) < 4.78 is 33.8. The van der Waals surface area contributed by atoms with Gasteiger partial charge in [0.15, 0.2) is 0 Å². The first kappa shape index (κ1) is 19.7. The number of benzene rings is 2. The third kappa shape index (κ3) is 5.42. The molecule has 1 unspecified atom stereocenters. The molecule has 0 aliphatic carbocycles. The molecule has 0 saturated carbocycles. The number of likely N-dealkylation sites (N-methyl/N-ethyl adjacent to an activating group) is 1. The van der Waals surface area contributed by atoms with Gasteiger partial charge < -0.3 is 19.7 Å². The standard InChI is InChI=1S/C19H22F2N2O3/c1-23(2)17(13-4-8-15(25-3)9-5-13)12-22-18(24)14-6-10-16(11-7-14)26-19(20)21/h4-11,17,19H,12H2,1-3H3,(H,22,24). The van der Waals surface area contributed by atoms with Crippen molar-refractivity contribution in [3.05, 3.63) is 59.7 Å². The van der Waals surface area contributed by atoms with E-state index < -0.39 is 6.61 Å². The van der Waals surface area contributed by atoms with Gasteiger partial charge in [-0.1, -0.05) is 12.1 Å². The number of carbonyl (C=O) groups excluding carboxylic acids is 1. The summed E-state index contributed by atoms with van der Waals surface area (Å²) >= 11 is 0. The van der Waals surface area contributed by atoms with E-state index in [-0.39, 0.29) is 17.7 Å². The minimum absolute atomic E-state index is 0.0148. The van der Waals surface area contributed by atoms with E-state index in [9.17, 15) is 13.6 Å². The van der Waals surface area contributed by atoms with Crippen LogP contribution in [-0.2, 0) is 0 Å². The van der Waals surface area contributed by atoms with Gasteiger partial charge in [0, 0.05) is 12.1 Å². The number of ether oxygens (including phenoxy) is 2. The Kier molecular flexibility index (Phi) is 6.91. The Morgan fingerprint density at radius 3 is 2.12 bits per heavy atom. The highest BCUT2D eigenvalue weighted by molar-refractivity contribution is 5.94. The predicted octanol–water partition coefficient (Wildman–Crippen LogP) is 3.33. The summed E-state index contributed by atoms with van der Waals surface area (Å²) in [5.41, 5.74) is 1.41. The molecule has 5 nitrogen and oxygen atoms in total. The lowest BCUT2D eigenvalue weighted by Crippen LogP contribution is -2.34. The summed E-state index contributed by atoms with van der Waals surface area (Å²) in [6, 6.07) is 13.2. The number of hydrogen-bond acceptors (Lipinski definition) is 4. The Morgan fingerprint density at radius 2 is 1.62 bits per heavy atom. The molecule has 1 amide bonds. The van der Waals surface area contributed by atoms with Crippen molar-refractivity contribution in [2.24, 2.45) is 0 Å². The summed E-state index contributed by atoms with van der Waals surface area (Å²) in [6.07, 6.45) is 0. The van der Waals surface area contributed by atoms with E-state index in [0.717, 1.165) is 11.3 Å². The molecule has 0 saturated heterocycles. The summed E-state index contributed by atoms with van der Waals surface area (Å²) in [5, 5.41) is 2.87. The van der Waals surface area contributed by atoms with Crippen LogP contribution in [0.5, 0.6) is 11.5 Å². The van der Waals surface area contributed by atoms with Gasteiger partial charge in [0.25, 0.3) is 5.91 Å². The van der Waals surface area contributed by atoms with Crippen LogP contribution in [0.2, 0.25) is 0 Å². The summed E-state index contributed by atoms with van der Waals surface area (Å²) in [6.45, 7) is -2.49. The van der Waals surface area contributed by atoms with Crippen molar-refractivity contribution >= 4 is 5.91 Å². The molecule has 7 heteroatoms. The quantitative estimate of drug-likeness (QED) is 0.781. The highest BCUT2D eigenvalue weighted by Crippen LogP contribution is 2.21. The van der Waals surface area contributed by atoms with E-state index in [0.29, 0.717) is 12.1 Å². The summed E-state index contributed by atoms with van der Waals surface area (Å²) in [5.74, 6) is 0.497. The normalized spacial score (nSPS) is 12.1. The van der Waals surface area contributed by atoms with Gasteiger partial charge in [0.1, 0.15) is 11.5 Å². The highest BCUT2D eigenvalue weighted by Gasteiger charge is 2.16. The molecule has 26 heavy (non-hydrogen) atoms. The van der Waals surface area contributed by atoms with E-state index in [2.05, 4.69) is 10.1 Å². The number of nitrogens with zero attached hydrogens (tertiary/aromatic N) is 1. The van der Waals surface area contributed by atoms with Crippen LogP contribution in [0.1, 0.15) is 22.0 Å². The van der Waals surface area contributed by atoms with Gasteiger partial charge in [0.05, 0.1) is 13.2 Å². The molecule has 140 valence electrons. The number of halogens is 2. The van der Waals surface area contributed by atoms with Crippen molar-refractivity contribution in [1.82, 2.24) is 10.2 Å². The minimum Gasteiger partial charge on any atom is -0.497 e. The molecule has 0 heterocycles. The van der Waals surface area contributed by atoms with Crippen LogP contribution in [0, 0.1) is 0 Å². The van der Waals surface area contributed by atoms with Crippen LogP contribution in [0.4, 0.5) is 8.78 Å². The predicted molar refractivity (Wildman–Crippen MR) is 94.8 cm³/mol. The molecule has 2 rings (SSSR count). The molecule has 0 radical (unpaired) electrons. The molecule has 0 aromatic heterocycles. The average molecular weight is 364 g/mol. The first-order chi connectivity index (χ1) is 12.4. The van der Waals surface area contributed by atoms with E-state index in [1.807, 2.05) is 43.3 Å². The Morgan fingerprint density at radius 1 is 1.04 bits per heavy atom. The van der Waals surface area contributed by atoms with Gasteiger partial charge in [-0.15, -0.1) is 0 Å². The molecule has 0 spiro atoms. The maximum absolute atomic E-state index is 12.3. The van der Waals surface area contributed by atoms with Crippen molar-refractivity contribution < 1.29 is 23.0 Å². The molecule has 0 bridgehead atoms. The van der Waals surface area contributed by atoms with Gasteiger partial charge in [-0.2, -0.15) is 8.78 Å².